The maximum absolute atomic E-state index is 6.13. The summed E-state index contributed by atoms with van der Waals surface area (Å²) >= 11 is 6.13. The van der Waals surface area contributed by atoms with Crippen LogP contribution in [0, 0.1) is 0 Å². The van der Waals surface area contributed by atoms with Crippen LogP contribution in [0.4, 0.5) is 5.82 Å². The molecule has 0 bridgehead atoms. The normalized spacial score (nSPS) is 16.4. The summed E-state index contributed by atoms with van der Waals surface area (Å²) in [6.07, 6.45) is 7.44. The number of aliphatic imine (C=N–C) groups is 1. The average Bonchev–Trinajstić information content (AvgIpc) is 3.32. The van der Waals surface area contributed by atoms with Gasteiger partial charge in [0.25, 0.3) is 0 Å². The number of para-hydroxylation sites is 1. The largest absolute Gasteiger partial charge is 0.297 e. The minimum Gasteiger partial charge on any atom is -0.297 e. The van der Waals surface area contributed by atoms with Gasteiger partial charge in [0.2, 0.25) is 0 Å². The third-order valence-electron chi connectivity index (χ3n) is 5.09. The van der Waals surface area contributed by atoms with Gasteiger partial charge in [0.05, 0.1) is 17.4 Å². The Morgan fingerprint density at radius 2 is 1.79 bits per heavy atom. The lowest BCUT2D eigenvalue weighted by Gasteiger charge is -2.33. The Morgan fingerprint density at radius 1 is 1.00 bits per heavy atom. The number of rotatable bonds is 3. The molecule has 3 heterocycles. The standard InChI is InChI=1S/C22H19ClN6/c1-27-14-16(13-25-27)21-24-12-11-19(15-7-9-17(23)10-8-15)29(21)22-18-5-3-4-6-20(18)28(2)26-22/h3-14,21H,1-2H3. The molecule has 6 nitrogen and oxygen atoms in total. The van der Waals surface area contributed by atoms with Crippen LogP contribution in [0.25, 0.3) is 16.6 Å². The molecular weight excluding hydrogens is 384 g/mol. The van der Waals surface area contributed by atoms with E-state index in [9.17, 15) is 0 Å². The van der Waals surface area contributed by atoms with Crippen LogP contribution in [0.15, 0.2) is 72.0 Å². The van der Waals surface area contributed by atoms with E-state index < -0.39 is 0 Å². The van der Waals surface area contributed by atoms with E-state index >= 15 is 0 Å². The van der Waals surface area contributed by atoms with Crippen molar-refractivity contribution in [1.82, 2.24) is 19.6 Å². The molecule has 0 N–H and O–H groups in total. The van der Waals surface area contributed by atoms with E-state index in [0.717, 1.165) is 33.5 Å². The van der Waals surface area contributed by atoms with Crippen LogP contribution in [0.1, 0.15) is 17.3 Å². The van der Waals surface area contributed by atoms with Crippen molar-refractivity contribution in [2.75, 3.05) is 4.90 Å². The number of nitrogens with zero attached hydrogens (tertiary/aromatic N) is 6. The zero-order valence-corrected chi connectivity index (χ0v) is 16.8. The van der Waals surface area contributed by atoms with Crippen molar-refractivity contribution < 1.29 is 0 Å². The smallest absolute Gasteiger partial charge is 0.165 e. The van der Waals surface area contributed by atoms with Gasteiger partial charge in [-0.3, -0.25) is 19.3 Å². The van der Waals surface area contributed by atoms with Gasteiger partial charge in [-0.05, 0) is 35.9 Å². The lowest BCUT2D eigenvalue weighted by atomic mass is 10.1. The molecule has 1 atom stereocenters. The van der Waals surface area contributed by atoms with Gasteiger partial charge in [0.15, 0.2) is 12.0 Å². The molecule has 29 heavy (non-hydrogen) atoms. The third kappa shape index (κ3) is 3.02. The molecular formula is C22H19ClN6. The van der Waals surface area contributed by atoms with E-state index in [2.05, 4.69) is 22.1 Å². The Labute approximate surface area is 173 Å². The first kappa shape index (κ1) is 17.7. The molecule has 1 aliphatic rings. The van der Waals surface area contributed by atoms with E-state index in [4.69, 9.17) is 21.7 Å². The SMILES string of the molecule is Cn1cc(C2N=CC=C(c3ccc(Cl)cc3)N2c2nn(C)c3ccccc23)cn1. The quantitative estimate of drug-likeness (QED) is 0.503. The molecule has 7 heteroatoms. The predicted molar refractivity (Wildman–Crippen MR) is 117 cm³/mol. The molecule has 0 saturated heterocycles. The van der Waals surface area contributed by atoms with Gasteiger partial charge in [0, 0.05) is 42.5 Å². The van der Waals surface area contributed by atoms with E-state index in [1.54, 1.807) is 4.68 Å². The molecule has 5 rings (SSSR count). The van der Waals surface area contributed by atoms with Crippen molar-refractivity contribution >= 4 is 40.2 Å². The van der Waals surface area contributed by atoms with Crippen molar-refractivity contribution in [3.63, 3.8) is 0 Å². The molecule has 0 aliphatic carbocycles. The fourth-order valence-electron chi connectivity index (χ4n) is 3.74. The van der Waals surface area contributed by atoms with E-state index in [-0.39, 0.29) is 6.17 Å². The second-order valence-corrected chi connectivity index (χ2v) is 7.45. The molecule has 4 aromatic rings. The number of aromatic nitrogens is 4. The van der Waals surface area contributed by atoms with Gasteiger partial charge in [-0.25, -0.2) is 0 Å². The first-order chi connectivity index (χ1) is 14.1. The summed E-state index contributed by atoms with van der Waals surface area (Å²) in [5.41, 5.74) is 4.12. The van der Waals surface area contributed by atoms with Gasteiger partial charge in [-0.15, -0.1) is 0 Å². The molecule has 0 spiro atoms. The third-order valence-corrected chi connectivity index (χ3v) is 5.35. The van der Waals surface area contributed by atoms with Crippen LogP contribution in [0.2, 0.25) is 5.02 Å². The molecule has 0 amide bonds. The van der Waals surface area contributed by atoms with Crippen LogP contribution < -0.4 is 4.90 Å². The van der Waals surface area contributed by atoms with Crippen molar-refractivity contribution in [2.45, 2.75) is 6.17 Å². The lowest BCUT2D eigenvalue weighted by molar-refractivity contribution is 0.709. The molecule has 2 aromatic heterocycles. The van der Waals surface area contributed by atoms with Crippen LogP contribution in [-0.2, 0) is 14.1 Å². The molecule has 1 unspecified atom stereocenters. The number of halogens is 1. The highest BCUT2D eigenvalue weighted by Gasteiger charge is 2.30. The van der Waals surface area contributed by atoms with Crippen molar-refractivity contribution in [2.24, 2.45) is 19.1 Å². The highest BCUT2D eigenvalue weighted by Crippen LogP contribution is 2.40. The summed E-state index contributed by atoms with van der Waals surface area (Å²) in [6.45, 7) is 0. The summed E-state index contributed by atoms with van der Waals surface area (Å²) < 4.78 is 3.70. The van der Waals surface area contributed by atoms with E-state index in [1.807, 2.05) is 79.9 Å². The Balaban J connectivity index is 1.73. The van der Waals surface area contributed by atoms with E-state index in [1.165, 1.54) is 0 Å². The molecule has 2 aromatic carbocycles. The van der Waals surface area contributed by atoms with Crippen LogP contribution >= 0.6 is 11.6 Å². The summed E-state index contributed by atoms with van der Waals surface area (Å²) in [5, 5.41) is 11.0. The average molecular weight is 403 g/mol. The number of aryl methyl sites for hydroxylation is 2. The maximum atomic E-state index is 6.13. The van der Waals surface area contributed by atoms with Gasteiger partial charge in [-0.2, -0.15) is 10.2 Å². The van der Waals surface area contributed by atoms with Crippen LogP contribution in [0.3, 0.4) is 0 Å². The van der Waals surface area contributed by atoms with Crippen LogP contribution in [0.5, 0.6) is 0 Å². The van der Waals surface area contributed by atoms with Gasteiger partial charge >= 0.3 is 0 Å². The van der Waals surface area contributed by atoms with Crippen molar-refractivity contribution in [3.05, 3.63) is 83.2 Å². The topological polar surface area (TPSA) is 51.2 Å². The Bertz CT molecular complexity index is 1250. The second-order valence-electron chi connectivity index (χ2n) is 7.01. The Morgan fingerprint density at radius 3 is 2.55 bits per heavy atom. The minimum atomic E-state index is -0.266. The van der Waals surface area contributed by atoms with Gasteiger partial charge < -0.3 is 0 Å². The summed E-state index contributed by atoms with van der Waals surface area (Å²) in [7, 11) is 3.87. The lowest BCUT2D eigenvalue weighted by Crippen LogP contribution is -2.29. The fraction of sp³-hybridized carbons (Fsp3) is 0.136. The second kappa shape index (κ2) is 6.90. The molecule has 0 radical (unpaired) electrons. The monoisotopic (exact) mass is 402 g/mol. The van der Waals surface area contributed by atoms with E-state index in [0.29, 0.717) is 5.02 Å². The fourth-order valence-corrected chi connectivity index (χ4v) is 3.87. The van der Waals surface area contributed by atoms with Gasteiger partial charge in [0.1, 0.15) is 0 Å². The number of anilines is 1. The number of hydrogen-bond donors (Lipinski definition) is 0. The Kier molecular flexibility index (Phi) is 4.21. The summed E-state index contributed by atoms with van der Waals surface area (Å²) in [4.78, 5) is 6.95. The summed E-state index contributed by atoms with van der Waals surface area (Å²) in [5.74, 6) is 0.856. The zero-order chi connectivity index (χ0) is 20.0. The molecule has 0 saturated carbocycles. The number of fused-ring (bicyclic) bond motifs is 1. The number of allylic oxidation sites excluding steroid dienone is 1. The summed E-state index contributed by atoms with van der Waals surface area (Å²) in [6, 6.07) is 16.1. The molecule has 1 aliphatic heterocycles. The van der Waals surface area contributed by atoms with Gasteiger partial charge in [-0.1, -0.05) is 35.9 Å². The first-order valence-electron chi connectivity index (χ1n) is 9.31. The number of benzene rings is 2. The number of hydrogen-bond acceptors (Lipinski definition) is 4. The minimum absolute atomic E-state index is 0.266. The highest BCUT2D eigenvalue weighted by molar-refractivity contribution is 6.30. The van der Waals surface area contributed by atoms with Crippen molar-refractivity contribution in [3.8, 4) is 0 Å². The molecule has 144 valence electrons. The maximum Gasteiger partial charge on any atom is 0.165 e. The zero-order valence-electron chi connectivity index (χ0n) is 16.1. The van der Waals surface area contributed by atoms with Crippen molar-refractivity contribution in [1.29, 1.82) is 0 Å². The predicted octanol–water partition coefficient (Wildman–Crippen LogP) is 4.59. The first-order valence-corrected chi connectivity index (χ1v) is 9.68. The Hall–Kier alpha value is -3.38. The molecule has 0 fully saturated rings. The highest BCUT2D eigenvalue weighted by atomic mass is 35.5. The van der Waals surface area contributed by atoms with Crippen LogP contribution in [-0.4, -0.2) is 25.8 Å².